The molecule has 1 aliphatic rings. The first-order chi connectivity index (χ1) is 4.20. The van der Waals surface area contributed by atoms with Crippen molar-refractivity contribution in [2.45, 2.75) is 38.3 Å². The highest BCUT2D eigenvalue weighted by Gasteiger charge is 2.24. The summed E-state index contributed by atoms with van der Waals surface area (Å²) < 4.78 is 4.90. The Labute approximate surface area is 54.3 Å². The van der Waals surface area contributed by atoms with Crippen LogP contribution in [0.5, 0.6) is 0 Å². The number of hydrogen-bond acceptors (Lipinski definition) is 3. The van der Waals surface area contributed by atoms with Crippen LogP contribution in [0.15, 0.2) is 0 Å². The van der Waals surface area contributed by atoms with Crippen LogP contribution < -0.4 is 0 Å². The Hall–Kier alpha value is -0.120. The second kappa shape index (κ2) is 2.64. The van der Waals surface area contributed by atoms with Crippen molar-refractivity contribution in [3.63, 3.8) is 0 Å². The normalized spacial score (nSPS) is 45.0. The average Bonchev–Trinajstić information content (AvgIpc) is 1.80. The van der Waals surface area contributed by atoms with E-state index < -0.39 is 12.4 Å². The first-order valence-corrected chi connectivity index (χ1v) is 3.21. The molecule has 0 unspecified atom stereocenters. The van der Waals surface area contributed by atoms with Gasteiger partial charge in [0, 0.05) is 6.42 Å². The van der Waals surface area contributed by atoms with Gasteiger partial charge < -0.3 is 14.9 Å². The summed E-state index contributed by atoms with van der Waals surface area (Å²) in [5.41, 5.74) is 0. The fourth-order valence-corrected chi connectivity index (χ4v) is 0.955. The molecule has 0 aromatic rings. The third-order valence-electron chi connectivity index (χ3n) is 1.62. The molecule has 0 spiro atoms. The molecule has 54 valence electrons. The van der Waals surface area contributed by atoms with Crippen molar-refractivity contribution in [1.29, 1.82) is 0 Å². The lowest BCUT2D eigenvalue weighted by Gasteiger charge is -2.28. The minimum absolute atomic E-state index is 0.214. The van der Waals surface area contributed by atoms with Crippen LogP contribution in [0.1, 0.15) is 19.8 Å². The molecule has 1 saturated heterocycles. The lowest BCUT2D eigenvalue weighted by Crippen LogP contribution is -2.36. The molecule has 3 heteroatoms. The lowest BCUT2D eigenvalue weighted by molar-refractivity contribution is -0.192. The van der Waals surface area contributed by atoms with Crippen molar-refractivity contribution in [3.05, 3.63) is 0 Å². The minimum atomic E-state index is -0.664. The van der Waals surface area contributed by atoms with E-state index in [0.717, 1.165) is 0 Å². The molecule has 1 heterocycles. The molecule has 1 aliphatic heterocycles. The lowest BCUT2D eigenvalue weighted by atomic mass is 10.1. The fraction of sp³-hybridized carbons (Fsp3) is 1.00. The minimum Gasteiger partial charge on any atom is -0.390 e. The molecule has 9 heavy (non-hydrogen) atoms. The summed E-state index contributed by atoms with van der Waals surface area (Å²) in [6.07, 6.45) is -0.0843. The third-order valence-corrected chi connectivity index (χ3v) is 1.62. The van der Waals surface area contributed by atoms with Crippen molar-refractivity contribution in [2.24, 2.45) is 0 Å². The third kappa shape index (κ3) is 1.64. The number of hydrogen-bond donors (Lipinski definition) is 2. The van der Waals surface area contributed by atoms with Gasteiger partial charge in [-0.3, -0.25) is 0 Å². The average molecular weight is 132 g/mol. The number of rotatable bonds is 0. The van der Waals surface area contributed by atoms with Crippen molar-refractivity contribution in [1.82, 2.24) is 0 Å². The predicted octanol–water partition coefficient (Wildman–Crippen LogP) is -0.135. The zero-order valence-corrected chi connectivity index (χ0v) is 5.45. The highest BCUT2D eigenvalue weighted by molar-refractivity contribution is 4.69. The van der Waals surface area contributed by atoms with E-state index >= 15 is 0 Å². The maximum absolute atomic E-state index is 9.06. The van der Waals surface area contributed by atoms with Gasteiger partial charge in [0.15, 0.2) is 6.29 Å². The first kappa shape index (κ1) is 6.99. The Balaban J connectivity index is 2.35. The smallest absolute Gasteiger partial charge is 0.155 e. The van der Waals surface area contributed by atoms with Gasteiger partial charge in [-0.1, -0.05) is 0 Å². The molecule has 3 atom stereocenters. The molecular formula is C6H12O3. The van der Waals surface area contributed by atoms with E-state index in [4.69, 9.17) is 14.9 Å². The largest absolute Gasteiger partial charge is 0.390 e. The zero-order chi connectivity index (χ0) is 6.85. The molecular weight excluding hydrogens is 120 g/mol. The molecule has 0 bridgehead atoms. The number of aliphatic hydroxyl groups is 2. The van der Waals surface area contributed by atoms with Crippen LogP contribution in [0.25, 0.3) is 0 Å². The highest BCUT2D eigenvalue weighted by Crippen LogP contribution is 2.16. The maximum Gasteiger partial charge on any atom is 0.155 e. The summed E-state index contributed by atoms with van der Waals surface area (Å²) >= 11 is 0. The topological polar surface area (TPSA) is 49.7 Å². The van der Waals surface area contributed by atoms with E-state index in [1.54, 1.807) is 6.92 Å². The van der Waals surface area contributed by atoms with Crippen LogP contribution in [0.4, 0.5) is 0 Å². The summed E-state index contributed by atoms with van der Waals surface area (Å²) in [5.74, 6) is 0. The Morgan fingerprint density at radius 2 is 2.00 bits per heavy atom. The fourth-order valence-electron chi connectivity index (χ4n) is 0.955. The zero-order valence-electron chi connectivity index (χ0n) is 5.45. The van der Waals surface area contributed by atoms with Crippen molar-refractivity contribution in [3.8, 4) is 0 Å². The van der Waals surface area contributed by atoms with E-state index in [0.29, 0.717) is 12.8 Å². The van der Waals surface area contributed by atoms with E-state index in [-0.39, 0.29) is 6.10 Å². The maximum atomic E-state index is 9.06. The van der Waals surface area contributed by atoms with Gasteiger partial charge in [0.1, 0.15) is 0 Å². The molecule has 1 rings (SSSR count). The van der Waals surface area contributed by atoms with Gasteiger partial charge in [-0.2, -0.15) is 0 Å². The Bertz CT molecular complexity index is 94.3. The molecule has 2 N–H and O–H groups in total. The summed E-state index contributed by atoms with van der Waals surface area (Å²) in [7, 11) is 0. The van der Waals surface area contributed by atoms with Gasteiger partial charge >= 0.3 is 0 Å². The SMILES string of the molecule is C[C@@H]1O[C@@H](O)CC[C@@H]1O. The summed E-state index contributed by atoms with van der Waals surface area (Å²) in [6, 6.07) is 0. The van der Waals surface area contributed by atoms with Crippen LogP contribution in [0.3, 0.4) is 0 Å². The van der Waals surface area contributed by atoms with Crippen LogP contribution in [-0.4, -0.2) is 28.7 Å². The monoisotopic (exact) mass is 132 g/mol. The predicted molar refractivity (Wildman–Crippen MR) is 31.8 cm³/mol. The molecule has 0 aromatic carbocycles. The van der Waals surface area contributed by atoms with Gasteiger partial charge in [0.2, 0.25) is 0 Å². The van der Waals surface area contributed by atoms with Crippen LogP contribution in [-0.2, 0) is 4.74 Å². The van der Waals surface area contributed by atoms with Gasteiger partial charge in [0.05, 0.1) is 12.2 Å². The van der Waals surface area contributed by atoms with Crippen molar-refractivity contribution in [2.75, 3.05) is 0 Å². The molecule has 3 nitrogen and oxygen atoms in total. The molecule has 1 fully saturated rings. The Morgan fingerprint density at radius 3 is 2.44 bits per heavy atom. The number of ether oxygens (including phenoxy) is 1. The molecule has 0 amide bonds. The van der Waals surface area contributed by atoms with Gasteiger partial charge in [-0.15, -0.1) is 0 Å². The van der Waals surface area contributed by atoms with Gasteiger partial charge in [-0.25, -0.2) is 0 Å². The molecule has 0 radical (unpaired) electrons. The standard InChI is InChI=1S/C6H12O3/c1-4-5(7)2-3-6(8)9-4/h4-8H,2-3H2,1H3/t4-,5-,6+/m0/s1. The van der Waals surface area contributed by atoms with Crippen molar-refractivity contribution >= 4 is 0 Å². The first-order valence-electron chi connectivity index (χ1n) is 3.21. The molecule has 0 saturated carbocycles. The van der Waals surface area contributed by atoms with E-state index in [1.165, 1.54) is 0 Å². The summed E-state index contributed by atoms with van der Waals surface area (Å²) in [4.78, 5) is 0. The van der Waals surface area contributed by atoms with Crippen LogP contribution >= 0.6 is 0 Å². The quantitative estimate of drug-likeness (QED) is 0.482. The molecule has 0 aromatic heterocycles. The second-order valence-electron chi connectivity index (χ2n) is 2.44. The highest BCUT2D eigenvalue weighted by atomic mass is 16.6. The van der Waals surface area contributed by atoms with Gasteiger partial charge in [0.25, 0.3) is 0 Å². The van der Waals surface area contributed by atoms with Crippen LogP contribution in [0.2, 0.25) is 0 Å². The van der Waals surface area contributed by atoms with Crippen molar-refractivity contribution < 1.29 is 14.9 Å². The Morgan fingerprint density at radius 1 is 1.33 bits per heavy atom. The van der Waals surface area contributed by atoms with E-state index in [1.807, 2.05) is 0 Å². The summed E-state index contributed by atoms with van der Waals surface area (Å²) in [5, 5.41) is 17.9. The number of aliphatic hydroxyl groups excluding tert-OH is 2. The summed E-state index contributed by atoms with van der Waals surface area (Å²) in [6.45, 7) is 1.76. The Kier molecular flexibility index (Phi) is 2.05. The van der Waals surface area contributed by atoms with Crippen LogP contribution in [0, 0.1) is 0 Å². The van der Waals surface area contributed by atoms with Gasteiger partial charge in [-0.05, 0) is 13.3 Å². The van der Waals surface area contributed by atoms with E-state index in [2.05, 4.69) is 0 Å². The second-order valence-corrected chi connectivity index (χ2v) is 2.44. The molecule has 0 aliphatic carbocycles. The van der Waals surface area contributed by atoms with E-state index in [9.17, 15) is 0 Å².